The second-order valence-corrected chi connectivity index (χ2v) is 6.98. The molecular weight excluding hydrogens is 302 g/mol. The first-order valence-electron chi connectivity index (χ1n) is 6.66. The molecule has 2 aromatic carbocycles. The lowest BCUT2D eigenvalue weighted by Crippen LogP contribution is -2.26. The molecule has 6 nitrogen and oxygen atoms in total. The summed E-state index contributed by atoms with van der Waals surface area (Å²) in [5.74, 6) is -0.255. The van der Waals surface area contributed by atoms with Gasteiger partial charge in [0, 0.05) is 5.69 Å². The third-order valence-corrected chi connectivity index (χ3v) is 5.12. The highest BCUT2D eigenvalue weighted by atomic mass is 32.2. The van der Waals surface area contributed by atoms with Crippen molar-refractivity contribution in [1.29, 1.82) is 0 Å². The number of nitrogen functional groups attached to an aromatic ring is 1. The van der Waals surface area contributed by atoms with Gasteiger partial charge in [0.05, 0.1) is 16.8 Å². The van der Waals surface area contributed by atoms with E-state index in [1.54, 1.807) is 43.3 Å². The Morgan fingerprint density at radius 2 is 1.86 bits per heavy atom. The van der Waals surface area contributed by atoms with Crippen LogP contribution in [0, 0.1) is 6.92 Å². The van der Waals surface area contributed by atoms with Crippen molar-refractivity contribution in [2.75, 3.05) is 5.73 Å². The van der Waals surface area contributed by atoms with E-state index in [2.05, 4.69) is 4.98 Å². The topological polar surface area (TPSA) is 98.0 Å². The van der Waals surface area contributed by atoms with Gasteiger partial charge in [0.15, 0.2) is 0 Å². The lowest BCUT2D eigenvalue weighted by molar-refractivity contribution is 0.586. The van der Waals surface area contributed by atoms with E-state index in [9.17, 15) is 13.2 Å². The molecule has 0 aliphatic heterocycles. The summed E-state index contributed by atoms with van der Waals surface area (Å²) < 4.78 is 26.0. The molecule has 114 valence electrons. The highest BCUT2D eigenvalue weighted by Crippen LogP contribution is 2.21. The molecule has 3 N–H and O–H groups in total. The maximum absolute atomic E-state index is 12.6. The zero-order valence-electron chi connectivity index (χ0n) is 11.9. The molecule has 0 bridgehead atoms. The number of aromatic amines is 1. The molecule has 0 unspecified atom stereocenters. The summed E-state index contributed by atoms with van der Waals surface area (Å²) in [6.07, 6.45) is 0. The molecule has 7 heteroatoms. The molecule has 0 radical (unpaired) electrons. The Kier molecular flexibility index (Phi) is 3.29. The van der Waals surface area contributed by atoms with Crippen molar-refractivity contribution in [2.45, 2.75) is 12.7 Å². The van der Waals surface area contributed by atoms with Gasteiger partial charge in [-0.3, -0.25) is 0 Å². The minimum atomic E-state index is -3.84. The lowest BCUT2D eigenvalue weighted by atomic mass is 10.2. The molecule has 22 heavy (non-hydrogen) atoms. The summed E-state index contributed by atoms with van der Waals surface area (Å²) in [7, 11) is -3.84. The van der Waals surface area contributed by atoms with Crippen LogP contribution in [-0.4, -0.2) is 17.4 Å². The average molecular weight is 317 g/mol. The van der Waals surface area contributed by atoms with Gasteiger partial charge in [-0.2, -0.15) is 3.97 Å². The summed E-state index contributed by atoms with van der Waals surface area (Å²) in [5.41, 5.74) is 7.70. The molecule has 0 amide bonds. The number of aryl methyl sites for hydroxylation is 1. The number of rotatable bonds is 3. The standard InChI is InChI=1S/C15H15N3O3S/c1-10-7-13-14(8-12(10)16)18(15(19)17-13)22(20,21)9-11-5-3-2-4-6-11/h2-8H,9,16H2,1H3,(H,17,19). The number of anilines is 1. The quantitative estimate of drug-likeness (QED) is 0.717. The van der Waals surface area contributed by atoms with E-state index in [1.165, 1.54) is 6.07 Å². The first-order valence-corrected chi connectivity index (χ1v) is 8.27. The number of H-pyrrole nitrogens is 1. The molecule has 1 heterocycles. The molecule has 0 aliphatic carbocycles. The van der Waals surface area contributed by atoms with Crippen molar-refractivity contribution in [3.05, 3.63) is 64.1 Å². The van der Waals surface area contributed by atoms with E-state index in [1.807, 2.05) is 0 Å². The summed E-state index contributed by atoms with van der Waals surface area (Å²) >= 11 is 0. The van der Waals surface area contributed by atoms with Crippen molar-refractivity contribution < 1.29 is 8.42 Å². The number of nitrogens with two attached hydrogens (primary N) is 1. The average Bonchev–Trinajstić information content (AvgIpc) is 2.76. The van der Waals surface area contributed by atoms with Crippen LogP contribution >= 0.6 is 0 Å². The largest absolute Gasteiger partial charge is 0.398 e. The van der Waals surface area contributed by atoms with Gasteiger partial charge in [0.1, 0.15) is 0 Å². The summed E-state index contributed by atoms with van der Waals surface area (Å²) in [6, 6.07) is 11.9. The normalized spacial score (nSPS) is 11.9. The molecule has 0 saturated carbocycles. The summed E-state index contributed by atoms with van der Waals surface area (Å²) in [5, 5.41) is 0. The van der Waals surface area contributed by atoms with Gasteiger partial charge in [-0.1, -0.05) is 30.3 Å². The minimum Gasteiger partial charge on any atom is -0.398 e. The maximum Gasteiger partial charge on any atom is 0.340 e. The van der Waals surface area contributed by atoms with Crippen molar-refractivity contribution in [3.63, 3.8) is 0 Å². The number of fused-ring (bicyclic) bond motifs is 1. The van der Waals surface area contributed by atoms with Crippen molar-refractivity contribution in [2.24, 2.45) is 0 Å². The van der Waals surface area contributed by atoms with Crippen molar-refractivity contribution in [3.8, 4) is 0 Å². The van der Waals surface area contributed by atoms with Gasteiger partial charge >= 0.3 is 5.69 Å². The zero-order chi connectivity index (χ0) is 15.9. The first-order chi connectivity index (χ1) is 10.4. The highest BCUT2D eigenvalue weighted by Gasteiger charge is 2.21. The predicted molar refractivity (Wildman–Crippen MR) is 86.2 cm³/mol. The molecule has 3 rings (SSSR count). The van der Waals surface area contributed by atoms with Gasteiger partial charge in [-0.25, -0.2) is 13.2 Å². The molecule has 0 spiro atoms. The van der Waals surface area contributed by atoms with Crippen LogP contribution in [0.25, 0.3) is 11.0 Å². The Bertz CT molecular complexity index is 1000. The fourth-order valence-electron chi connectivity index (χ4n) is 2.38. The van der Waals surface area contributed by atoms with E-state index in [-0.39, 0.29) is 11.3 Å². The van der Waals surface area contributed by atoms with Crippen LogP contribution in [0.3, 0.4) is 0 Å². The molecular formula is C15H15N3O3S. The maximum atomic E-state index is 12.6. The van der Waals surface area contributed by atoms with Gasteiger partial charge in [0.25, 0.3) is 0 Å². The SMILES string of the molecule is Cc1cc2[nH]c(=O)n(S(=O)(=O)Cc3ccccc3)c2cc1N. The van der Waals surface area contributed by atoms with Crippen LogP contribution in [0.2, 0.25) is 0 Å². The Hall–Kier alpha value is -2.54. The number of nitrogens with zero attached hydrogens (tertiary/aromatic N) is 1. The Labute approximate surface area is 127 Å². The van der Waals surface area contributed by atoms with E-state index >= 15 is 0 Å². The first kappa shape index (κ1) is 14.4. The number of imidazole rings is 1. The highest BCUT2D eigenvalue weighted by molar-refractivity contribution is 7.89. The predicted octanol–water partition coefficient (Wildman–Crippen LogP) is 1.60. The Morgan fingerprint density at radius 3 is 2.55 bits per heavy atom. The Balaban J connectivity index is 2.19. The van der Waals surface area contributed by atoms with E-state index < -0.39 is 15.7 Å². The van der Waals surface area contributed by atoms with Crippen molar-refractivity contribution >= 4 is 26.7 Å². The number of aromatic nitrogens is 2. The number of nitrogens with one attached hydrogen (secondary N) is 1. The number of benzene rings is 2. The van der Waals surface area contributed by atoms with Gasteiger partial charge in [0.2, 0.25) is 10.0 Å². The fourth-order valence-corrected chi connectivity index (χ4v) is 3.87. The zero-order valence-corrected chi connectivity index (χ0v) is 12.7. The van der Waals surface area contributed by atoms with Gasteiger partial charge in [-0.05, 0) is 30.2 Å². The number of hydrogen-bond donors (Lipinski definition) is 2. The van der Waals surface area contributed by atoms with Crippen LogP contribution in [0.15, 0.2) is 47.3 Å². The fraction of sp³-hybridized carbons (Fsp3) is 0.133. The van der Waals surface area contributed by atoms with Gasteiger partial charge in [-0.15, -0.1) is 0 Å². The summed E-state index contributed by atoms with van der Waals surface area (Å²) in [6.45, 7) is 1.79. The molecule has 0 aliphatic rings. The molecule has 0 saturated heterocycles. The van der Waals surface area contributed by atoms with Gasteiger partial charge < -0.3 is 10.7 Å². The molecule has 1 aromatic heterocycles. The monoisotopic (exact) mass is 317 g/mol. The number of hydrogen-bond acceptors (Lipinski definition) is 4. The van der Waals surface area contributed by atoms with Crippen molar-refractivity contribution in [1.82, 2.24) is 8.96 Å². The Morgan fingerprint density at radius 1 is 1.18 bits per heavy atom. The van der Waals surface area contributed by atoms with Crippen LogP contribution in [0.4, 0.5) is 5.69 Å². The second kappa shape index (κ2) is 5.03. The van der Waals surface area contributed by atoms with E-state index in [4.69, 9.17) is 5.73 Å². The third-order valence-electron chi connectivity index (χ3n) is 3.50. The smallest absolute Gasteiger partial charge is 0.340 e. The third kappa shape index (κ3) is 2.39. The van der Waals surface area contributed by atoms with Crippen LogP contribution in [0.1, 0.15) is 11.1 Å². The molecule has 0 atom stereocenters. The lowest BCUT2D eigenvalue weighted by Gasteiger charge is -2.07. The second-order valence-electron chi connectivity index (χ2n) is 5.16. The molecule has 3 aromatic rings. The minimum absolute atomic E-state index is 0.255. The van der Waals surface area contributed by atoms with E-state index in [0.717, 1.165) is 9.54 Å². The van der Waals surface area contributed by atoms with Crippen LogP contribution in [0.5, 0.6) is 0 Å². The van der Waals surface area contributed by atoms with Crippen LogP contribution < -0.4 is 11.4 Å². The molecule has 0 fully saturated rings. The van der Waals surface area contributed by atoms with Crippen LogP contribution in [-0.2, 0) is 15.8 Å². The van der Waals surface area contributed by atoms with E-state index in [0.29, 0.717) is 16.8 Å². The summed E-state index contributed by atoms with van der Waals surface area (Å²) in [4.78, 5) is 14.6.